The fourth-order valence-electron chi connectivity index (χ4n) is 4.58. The van der Waals surface area contributed by atoms with Gasteiger partial charge in [0.2, 0.25) is 35.4 Å². The van der Waals surface area contributed by atoms with Crippen molar-refractivity contribution in [1.82, 2.24) is 36.9 Å². The van der Waals surface area contributed by atoms with Crippen molar-refractivity contribution in [2.75, 3.05) is 31.1 Å². The summed E-state index contributed by atoms with van der Waals surface area (Å²) in [7, 11) is 0. The molecule has 1 aromatic carbocycles. The van der Waals surface area contributed by atoms with Crippen molar-refractivity contribution in [3.63, 3.8) is 0 Å². The SMILES string of the molecule is Cc1ncsc1-c1ccc([C@@H](NC(=O)[C@@H]2CCCN2)C(=O)NCC(=O)NCC(=O)N[C@H](CSCC(=O)NC(C)C(C)(C)C)C(N)=O)cc1. The van der Waals surface area contributed by atoms with Crippen molar-refractivity contribution >= 4 is 58.5 Å². The second-order valence-corrected chi connectivity index (χ2v) is 14.6. The quantitative estimate of drug-likeness (QED) is 0.130. The Bertz CT molecular complexity index is 1450. The lowest BCUT2D eigenvalue weighted by molar-refractivity contribution is -0.131. The zero-order valence-corrected chi connectivity index (χ0v) is 29.6. The van der Waals surface area contributed by atoms with Gasteiger partial charge in [-0.1, -0.05) is 45.0 Å². The van der Waals surface area contributed by atoms with E-state index in [4.69, 9.17) is 5.73 Å². The van der Waals surface area contributed by atoms with E-state index in [0.29, 0.717) is 18.5 Å². The van der Waals surface area contributed by atoms with Crippen molar-refractivity contribution in [1.29, 1.82) is 0 Å². The predicted octanol–water partition coefficient (Wildman–Crippen LogP) is 0.514. The van der Waals surface area contributed by atoms with Gasteiger partial charge in [-0.05, 0) is 49.8 Å². The molecule has 1 fully saturated rings. The predicted molar refractivity (Wildman–Crippen MR) is 186 cm³/mol. The number of amides is 6. The number of hydrogen-bond acceptors (Lipinski definition) is 10. The van der Waals surface area contributed by atoms with Crippen LogP contribution in [0.15, 0.2) is 29.8 Å². The van der Waals surface area contributed by atoms with Crippen LogP contribution in [0.2, 0.25) is 0 Å². The van der Waals surface area contributed by atoms with E-state index >= 15 is 0 Å². The van der Waals surface area contributed by atoms with E-state index in [-0.39, 0.29) is 34.8 Å². The zero-order valence-electron chi connectivity index (χ0n) is 27.9. The molecule has 2 heterocycles. The first kappa shape index (κ1) is 38.4. The number of carbonyl (C=O) groups is 6. The van der Waals surface area contributed by atoms with E-state index in [1.807, 2.05) is 46.8 Å². The molecule has 1 aliphatic heterocycles. The molecular weight excluding hydrogens is 657 g/mol. The van der Waals surface area contributed by atoms with Gasteiger partial charge in [0.05, 0.1) is 41.0 Å². The molecule has 2 aromatic rings. The van der Waals surface area contributed by atoms with Gasteiger partial charge < -0.3 is 37.6 Å². The zero-order chi connectivity index (χ0) is 35.4. The normalized spacial score (nSPS) is 16.2. The highest BCUT2D eigenvalue weighted by Gasteiger charge is 2.29. The van der Waals surface area contributed by atoms with Gasteiger partial charge in [0.15, 0.2) is 0 Å². The minimum absolute atomic E-state index is 0.0602. The van der Waals surface area contributed by atoms with E-state index in [0.717, 1.165) is 34.3 Å². The summed E-state index contributed by atoms with van der Waals surface area (Å²) >= 11 is 2.64. The number of aromatic nitrogens is 1. The van der Waals surface area contributed by atoms with E-state index in [2.05, 4.69) is 36.9 Å². The minimum atomic E-state index is -1.07. The van der Waals surface area contributed by atoms with Crippen LogP contribution in [0.25, 0.3) is 10.4 Å². The Hall–Kier alpha value is -4.02. The van der Waals surface area contributed by atoms with E-state index in [1.54, 1.807) is 17.6 Å². The number of nitrogens with one attached hydrogen (secondary N) is 6. The third kappa shape index (κ3) is 11.9. The molecular formula is C32H46N8O6S2. The molecule has 1 unspecified atom stereocenters. The third-order valence-corrected chi connectivity index (χ3v) is 9.93. The molecule has 1 saturated heterocycles. The van der Waals surface area contributed by atoms with Gasteiger partial charge in [0.1, 0.15) is 12.1 Å². The summed E-state index contributed by atoms with van der Waals surface area (Å²) < 4.78 is 0. The van der Waals surface area contributed by atoms with Crippen molar-refractivity contribution in [3.05, 3.63) is 41.0 Å². The molecule has 262 valence electrons. The Labute approximate surface area is 288 Å². The van der Waals surface area contributed by atoms with Gasteiger partial charge >= 0.3 is 0 Å². The molecule has 14 nitrogen and oxygen atoms in total. The summed E-state index contributed by atoms with van der Waals surface area (Å²) in [6.45, 7) is 9.61. The lowest BCUT2D eigenvalue weighted by atomic mass is 9.88. The minimum Gasteiger partial charge on any atom is -0.368 e. The highest BCUT2D eigenvalue weighted by molar-refractivity contribution is 8.00. The van der Waals surface area contributed by atoms with Gasteiger partial charge in [-0.15, -0.1) is 23.1 Å². The van der Waals surface area contributed by atoms with Crippen LogP contribution < -0.4 is 37.6 Å². The number of thiazole rings is 1. The molecule has 0 radical (unpaired) electrons. The summed E-state index contributed by atoms with van der Waals surface area (Å²) in [4.78, 5) is 80.6. The van der Waals surface area contributed by atoms with Crippen molar-refractivity contribution in [2.24, 2.45) is 11.1 Å². The molecule has 1 aromatic heterocycles. The average Bonchev–Trinajstić information content (AvgIpc) is 3.73. The first-order chi connectivity index (χ1) is 22.6. The fourth-order valence-corrected chi connectivity index (χ4v) is 6.26. The number of hydrogen-bond donors (Lipinski definition) is 7. The highest BCUT2D eigenvalue weighted by atomic mass is 32.2. The third-order valence-electron chi connectivity index (χ3n) is 7.92. The Morgan fingerprint density at radius 3 is 2.27 bits per heavy atom. The van der Waals surface area contributed by atoms with Crippen LogP contribution in [-0.2, 0) is 28.8 Å². The lowest BCUT2D eigenvalue weighted by Gasteiger charge is -2.28. The molecule has 8 N–H and O–H groups in total. The summed E-state index contributed by atoms with van der Waals surface area (Å²) in [5.41, 5.74) is 9.41. The number of primary amides is 1. The Balaban J connectivity index is 1.50. The second kappa shape index (κ2) is 17.9. The Kier molecular flexibility index (Phi) is 14.4. The molecule has 0 saturated carbocycles. The number of aryl methyl sites for hydroxylation is 1. The second-order valence-electron chi connectivity index (χ2n) is 12.7. The molecule has 3 rings (SSSR count). The number of thioether (sulfide) groups is 1. The van der Waals surface area contributed by atoms with Crippen LogP contribution >= 0.6 is 23.1 Å². The summed E-state index contributed by atoms with van der Waals surface area (Å²) in [6, 6.07) is 4.59. The Morgan fingerprint density at radius 1 is 1.00 bits per heavy atom. The largest absolute Gasteiger partial charge is 0.368 e. The summed E-state index contributed by atoms with van der Waals surface area (Å²) in [6.07, 6.45) is 1.49. The van der Waals surface area contributed by atoms with Crippen LogP contribution in [-0.4, -0.2) is 89.7 Å². The summed E-state index contributed by atoms with van der Waals surface area (Å²) in [5.74, 6) is -3.10. The van der Waals surface area contributed by atoms with Gasteiger partial charge in [0, 0.05) is 11.8 Å². The maximum Gasteiger partial charge on any atom is 0.247 e. The van der Waals surface area contributed by atoms with E-state index in [9.17, 15) is 28.8 Å². The van der Waals surface area contributed by atoms with Crippen molar-refractivity contribution in [3.8, 4) is 10.4 Å². The fraction of sp³-hybridized carbons (Fsp3) is 0.531. The maximum atomic E-state index is 13.3. The van der Waals surface area contributed by atoms with E-state index in [1.165, 1.54) is 11.3 Å². The topological polar surface area (TPSA) is 214 Å². The van der Waals surface area contributed by atoms with Crippen LogP contribution in [0.1, 0.15) is 57.8 Å². The smallest absolute Gasteiger partial charge is 0.247 e. The maximum absolute atomic E-state index is 13.3. The molecule has 0 bridgehead atoms. The molecule has 16 heteroatoms. The van der Waals surface area contributed by atoms with Gasteiger partial charge in [-0.2, -0.15) is 0 Å². The molecule has 4 atom stereocenters. The highest BCUT2D eigenvalue weighted by Crippen LogP contribution is 2.28. The van der Waals surface area contributed by atoms with Crippen LogP contribution in [0.5, 0.6) is 0 Å². The van der Waals surface area contributed by atoms with Crippen LogP contribution in [0.3, 0.4) is 0 Å². The van der Waals surface area contributed by atoms with Gasteiger partial charge in [-0.3, -0.25) is 28.8 Å². The van der Waals surface area contributed by atoms with Gasteiger partial charge in [0.25, 0.3) is 0 Å². The van der Waals surface area contributed by atoms with Crippen molar-refractivity contribution < 1.29 is 28.8 Å². The number of benzene rings is 1. The van der Waals surface area contributed by atoms with Gasteiger partial charge in [-0.25, -0.2) is 4.98 Å². The number of nitrogens with two attached hydrogens (primary N) is 1. The van der Waals surface area contributed by atoms with Crippen LogP contribution in [0, 0.1) is 12.3 Å². The average molecular weight is 703 g/mol. The lowest BCUT2D eigenvalue weighted by Crippen LogP contribution is -2.51. The Morgan fingerprint density at radius 2 is 1.69 bits per heavy atom. The molecule has 6 amide bonds. The summed E-state index contributed by atoms with van der Waals surface area (Å²) in [5, 5.41) is 16.2. The first-order valence-corrected chi connectivity index (χ1v) is 17.7. The monoisotopic (exact) mass is 702 g/mol. The standard InChI is InChI=1S/C32H46N8O6S2/c1-18-28(48-17-37-18)21-10-8-20(9-11-21)27(40-30(45)22-7-6-12-34-22)31(46)36-13-24(41)35-14-25(42)39-23(29(33)44)15-47-16-26(43)38-19(2)32(3,4)5/h8-11,17,19,22-23,27,34H,6-7,12-16H2,1-5H3,(H2,33,44)(H,35,41)(H,36,46)(H,38,43)(H,39,42)(H,40,45)/t19?,22-,23+,27+/m0/s1. The first-order valence-electron chi connectivity index (χ1n) is 15.7. The molecule has 0 aliphatic carbocycles. The van der Waals surface area contributed by atoms with Crippen LogP contribution in [0.4, 0.5) is 0 Å². The number of rotatable bonds is 16. The molecule has 1 aliphatic rings. The van der Waals surface area contributed by atoms with E-state index < -0.39 is 54.8 Å². The molecule has 0 spiro atoms. The number of nitrogens with zero attached hydrogens (tertiary/aromatic N) is 1. The van der Waals surface area contributed by atoms with Crippen molar-refractivity contribution in [2.45, 2.75) is 71.6 Å². The number of carbonyl (C=O) groups excluding carboxylic acids is 6. The molecule has 48 heavy (non-hydrogen) atoms.